The minimum absolute atomic E-state index is 0.240. The first-order chi connectivity index (χ1) is 13.1. The molecule has 0 aliphatic heterocycles. The highest BCUT2D eigenvalue weighted by atomic mass is 16.4. The van der Waals surface area contributed by atoms with E-state index in [-0.39, 0.29) is 18.4 Å². The van der Waals surface area contributed by atoms with Crippen LogP contribution < -0.4 is 0 Å². The Hall–Kier alpha value is -1.35. The Labute approximate surface area is 166 Å². The number of hydrogen-bond donors (Lipinski definition) is 2. The SMILES string of the molecule is CCCCCCCCC(c1ccccc1)C(O)CCCCCCCC(=O)O. The zero-order chi connectivity index (χ0) is 19.7. The summed E-state index contributed by atoms with van der Waals surface area (Å²) < 4.78 is 0. The predicted molar refractivity (Wildman–Crippen MR) is 113 cm³/mol. The van der Waals surface area contributed by atoms with Gasteiger partial charge in [-0.3, -0.25) is 4.79 Å². The van der Waals surface area contributed by atoms with Crippen molar-refractivity contribution < 1.29 is 15.0 Å². The maximum atomic E-state index is 10.8. The zero-order valence-electron chi connectivity index (χ0n) is 17.2. The molecular formula is C24H40O3. The van der Waals surface area contributed by atoms with Crippen molar-refractivity contribution >= 4 is 5.97 Å². The summed E-state index contributed by atoms with van der Waals surface area (Å²) in [4.78, 5) is 10.5. The first kappa shape index (κ1) is 23.7. The fraction of sp³-hybridized carbons (Fsp3) is 0.708. The van der Waals surface area contributed by atoms with Gasteiger partial charge in [-0.15, -0.1) is 0 Å². The van der Waals surface area contributed by atoms with E-state index < -0.39 is 5.97 Å². The van der Waals surface area contributed by atoms with Gasteiger partial charge in [-0.2, -0.15) is 0 Å². The molecule has 0 fully saturated rings. The Bertz CT molecular complexity index is 472. The maximum Gasteiger partial charge on any atom is 0.303 e. The predicted octanol–water partition coefficient (Wildman–Crippen LogP) is 6.70. The molecule has 1 rings (SSSR count). The molecule has 0 aliphatic carbocycles. The van der Waals surface area contributed by atoms with Gasteiger partial charge in [0.1, 0.15) is 0 Å². The second-order valence-corrected chi connectivity index (χ2v) is 7.84. The van der Waals surface area contributed by atoms with Crippen LogP contribution >= 0.6 is 0 Å². The molecule has 2 unspecified atom stereocenters. The van der Waals surface area contributed by atoms with Crippen LogP contribution in [0.4, 0.5) is 0 Å². The average Bonchev–Trinajstić information content (AvgIpc) is 2.67. The molecule has 0 aromatic heterocycles. The normalized spacial score (nSPS) is 13.4. The van der Waals surface area contributed by atoms with Crippen LogP contribution in [0.15, 0.2) is 30.3 Å². The van der Waals surface area contributed by atoms with E-state index in [1.165, 1.54) is 44.1 Å². The molecule has 0 spiro atoms. The van der Waals surface area contributed by atoms with E-state index in [4.69, 9.17) is 5.11 Å². The Kier molecular flexibility index (Phi) is 13.8. The molecule has 0 saturated carbocycles. The van der Waals surface area contributed by atoms with Crippen LogP contribution in [-0.2, 0) is 4.79 Å². The van der Waals surface area contributed by atoms with Crippen LogP contribution in [0.2, 0.25) is 0 Å². The molecular weight excluding hydrogens is 336 g/mol. The summed E-state index contributed by atoms with van der Waals surface area (Å²) in [5, 5.41) is 19.5. The largest absolute Gasteiger partial charge is 0.481 e. The van der Waals surface area contributed by atoms with E-state index in [9.17, 15) is 9.90 Å². The van der Waals surface area contributed by atoms with Gasteiger partial charge < -0.3 is 10.2 Å². The average molecular weight is 377 g/mol. The maximum absolute atomic E-state index is 10.8. The van der Waals surface area contributed by atoms with E-state index in [0.29, 0.717) is 0 Å². The number of benzene rings is 1. The summed E-state index contributed by atoms with van der Waals surface area (Å²) >= 11 is 0. The number of aliphatic carboxylic acids is 1. The highest BCUT2D eigenvalue weighted by Crippen LogP contribution is 2.29. The molecule has 0 bridgehead atoms. The lowest BCUT2D eigenvalue weighted by molar-refractivity contribution is -0.137. The van der Waals surface area contributed by atoms with Crippen molar-refractivity contribution in [1.82, 2.24) is 0 Å². The van der Waals surface area contributed by atoms with Crippen LogP contribution in [0.5, 0.6) is 0 Å². The Balaban J connectivity index is 2.33. The second-order valence-electron chi connectivity index (χ2n) is 7.84. The van der Waals surface area contributed by atoms with Gasteiger partial charge in [0.05, 0.1) is 6.10 Å². The number of rotatable bonds is 17. The molecule has 154 valence electrons. The number of unbranched alkanes of at least 4 members (excludes halogenated alkanes) is 9. The molecule has 0 aliphatic rings. The fourth-order valence-corrected chi connectivity index (χ4v) is 3.79. The van der Waals surface area contributed by atoms with Gasteiger partial charge in [0, 0.05) is 12.3 Å². The second kappa shape index (κ2) is 15.7. The zero-order valence-corrected chi connectivity index (χ0v) is 17.2. The minimum atomic E-state index is -0.703. The molecule has 2 N–H and O–H groups in total. The Morgan fingerprint density at radius 2 is 1.37 bits per heavy atom. The molecule has 0 saturated heterocycles. The third kappa shape index (κ3) is 11.9. The quantitative estimate of drug-likeness (QED) is 0.297. The van der Waals surface area contributed by atoms with Gasteiger partial charge in [0.15, 0.2) is 0 Å². The van der Waals surface area contributed by atoms with Crippen LogP contribution in [0.3, 0.4) is 0 Å². The number of carboxylic acid groups (broad SMARTS) is 1. The Morgan fingerprint density at radius 3 is 2.00 bits per heavy atom. The molecule has 0 amide bonds. The highest BCUT2D eigenvalue weighted by molar-refractivity contribution is 5.66. The van der Waals surface area contributed by atoms with E-state index in [1.807, 2.05) is 6.07 Å². The summed E-state index contributed by atoms with van der Waals surface area (Å²) in [5.41, 5.74) is 1.26. The molecule has 0 radical (unpaired) electrons. The van der Waals surface area contributed by atoms with E-state index >= 15 is 0 Å². The van der Waals surface area contributed by atoms with Crippen LogP contribution in [0.1, 0.15) is 108 Å². The summed E-state index contributed by atoms with van der Waals surface area (Å²) in [6.07, 6.45) is 14.5. The molecule has 1 aromatic carbocycles. The Morgan fingerprint density at radius 1 is 0.815 bits per heavy atom. The molecule has 0 heterocycles. The molecule has 3 heteroatoms. The van der Waals surface area contributed by atoms with Gasteiger partial charge in [-0.25, -0.2) is 0 Å². The first-order valence-corrected chi connectivity index (χ1v) is 11.1. The van der Waals surface area contributed by atoms with E-state index in [1.54, 1.807) is 0 Å². The topological polar surface area (TPSA) is 57.5 Å². The fourth-order valence-electron chi connectivity index (χ4n) is 3.79. The van der Waals surface area contributed by atoms with Gasteiger partial charge in [0.2, 0.25) is 0 Å². The van der Waals surface area contributed by atoms with Crippen molar-refractivity contribution in [3.05, 3.63) is 35.9 Å². The lowest BCUT2D eigenvalue weighted by Gasteiger charge is -2.24. The van der Waals surface area contributed by atoms with E-state index in [2.05, 4.69) is 31.2 Å². The lowest BCUT2D eigenvalue weighted by Crippen LogP contribution is -2.18. The van der Waals surface area contributed by atoms with Crippen molar-refractivity contribution in [2.45, 2.75) is 109 Å². The molecule has 2 atom stereocenters. The monoisotopic (exact) mass is 376 g/mol. The van der Waals surface area contributed by atoms with E-state index in [0.717, 1.165) is 44.9 Å². The number of aliphatic hydroxyl groups excluding tert-OH is 1. The minimum Gasteiger partial charge on any atom is -0.481 e. The van der Waals surface area contributed by atoms with Crippen molar-refractivity contribution in [2.75, 3.05) is 0 Å². The van der Waals surface area contributed by atoms with Crippen LogP contribution in [0.25, 0.3) is 0 Å². The number of carbonyl (C=O) groups is 1. The summed E-state index contributed by atoms with van der Waals surface area (Å²) in [6.45, 7) is 2.24. The van der Waals surface area contributed by atoms with Crippen LogP contribution in [0, 0.1) is 0 Å². The molecule has 27 heavy (non-hydrogen) atoms. The van der Waals surface area contributed by atoms with Gasteiger partial charge in [-0.1, -0.05) is 101 Å². The number of carboxylic acids is 1. The van der Waals surface area contributed by atoms with Crippen molar-refractivity contribution in [2.24, 2.45) is 0 Å². The summed E-state index contributed by atoms with van der Waals surface area (Å²) in [7, 11) is 0. The molecule has 3 nitrogen and oxygen atoms in total. The summed E-state index contributed by atoms with van der Waals surface area (Å²) in [5.74, 6) is -0.463. The van der Waals surface area contributed by atoms with Crippen molar-refractivity contribution in [3.8, 4) is 0 Å². The third-order valence-electron chi connectivity index (χ3n) is 5.45. The summed E-state index contributed by atoms with van der Waals surface area (Å²) in [6, 6.07) is 10.5. The smallest absolute Gasteiger partial charge is 0.303 e. The third-order valence-corrected chi connectivity index (χ3v) is 5.45. The number of aliphatic hydroxyl groups is 1. The highest BCUT2D eigenvalue weighted by Gasteiger charge is 2.20. The molecule has 1 aromatic rings. The van der Waals surface area contributed by atoms with Crippen molar-refractivity contribution in [3.63, 3.8) is 0 Å². The first-order valence-electron chi connectivity index (χ1n) is 11.1. The van der Waals surface area contributed by atoms with Gasteiger partial charge in [0.25, 0.3) is 0 Å². The number of hydrogen-bond acceptors (Lipinski definition) is 2. The van der Waals surface area contributed by atoms with Crippen molar-refractivity contribution in [1.29, 1.82) is 0 Å². The van der Waals surface area contributed by atoms with Crippen LogP contribution in [-0.4, -0.2) is 22.3 Å². The lowest BCUT2D eigenvalue weighted by atomic mass is 9.86. The standard InChI is InChI=1S/C24H40O3/c1-2-3-4-5-7-13-18-22(21-16-11-10-12-17-21)23(25)19-14-8-6-9-15-20-24(26)27/h10-12,16-17,22-23,25H,2-9,13-15,18-20H2,1H3,(H,26,27). The van der Waals surface area contributed by atoms with Gasteiger partial charge >= 0.3 is 5.97 Å². The van der Waals surface area contributed by atoms with Gasteiger partial charge in [-0.05, 0) is 24.8 Å².